The van der Waals surface area contributed by atoms with E-state index in [1.807, 2.05) is 0 Å². The van der Waals surface area contributed by atoms with Crippen LogP contribution in [0.4, 0.5) is 0 Å². The van der Waals surface area contributed by atoms with Gasteiger partial charge in [-0.2, -0.15) is 0 Å². The standard InChI is InChI=1S/C18H35N3O4.HI/c1-19-18(20-8-4-10-22-14-16-6-2-12-24-16)21-9-5-11-23-15-17-7-3-13-25-17;/h16-17H,2-15H2,1H3,(H2,19,20,21);1H. The number of aliphatic imine (C=N–C) groups is 1. The molecule has 8 heteroatoms. The highest BCUT2D eigenvalue weighted by atomic mass is 127. The molecule has 0 aromatic carbocycles. The van der Waals surface area contributed by atoms with E-state index in [2.05, 4.69) is 15.6 Å². The maximum atomic E-state index is 5.65. The van der Waals surface area contributed by atoms with Crippen LogP contribution in [0.15, 0.2) is 4.99 Å². The second kappa shape index (κ2) is 15.9. The zero-order chi connectivity index (χ0) is 17.6. The molecule has 2 N–H and O–H groups in total. The summed E-state index contributed by atoms with van der Waals surface area (Å²) in [6, 6.07) is 0. The van der Waals surface area contributed by atoms with Crippen molar-refractivity contribution in [2.75, 3.05) is 59.8 Å². The Kier molecular flexibility index (Phi) is 14.6. The van der Waals surface area contributed by atoms with E-state index in [1.165, 1.54) is 0 Å². The molecule has 0 aromatic heterocycles. The summed E-state index contributed by atoms with van der Waals surface area (Å²) in [5.41, 5.74) is 0. The van der Waals surface area contributed by atoms with E-state index in [1.54, 1.807) is 7.05 Å². The summed E-state index contributed by atoms with van der Waals surface area (Å²) in [6.45, 7) is 6.41. The van der Waals surface area contributed by atoms with Crippen LogP contribution >= 0.6 is 24.0 Å². The Labute approximate surface area is 175 Å². The van der Waals surface area contributed by atoms with Crippen molar-refractivity contribution in [3.8, 4) is 0 Å². The van der Waals surface area contributed by atoms with Crippen LogP contribution in [0.5, 0.6) is 0 Å². The van der Waals surface area contributed by atoms with Crippen molar-refractivity contribution in [3.63, 3.8) is 0 Å². The molecule has 2 fully saturated rings. The molecule has 0 saturated carbocycles. The van der Waals surface area contributed by atoms with Crippen LogP contribution in [-0.2, 0) is 18.9 Å². The number of ether oxygens (including phenoxy) is 4. The summed E-state index contributed by atoms with van der Waals surface area (Å²) in [7, 11) is 1.79. The van der Waals surface area contributed by atoms with Gasteiger partial charge in [0.2, 0.25) is 0 Å². The number of hydrogen-bond donors (Lipinski definition) is 2. The largest absolute Gasteiger partial charge is 0.379 e. The van der Waals surface area contributed by atoms with Gasteiger partial charge in [-0.25, -0.2) is 0 Å². The predicted octanol–water partition coefficient (Wildman–Crippen LogP) is 1.94. The van der Waals surface area contributed by atoms with Gasteiger partial charge in [0.05, 0.1) is 25.4 Å². The van der Waals surface area contributed by atoms with Crippen molar-refractivity contribution in [2.45, 2.75) is 50.7 Å². The molecule has 26 heavy (non-hydrogen) atoms. The Balaban J connectivity index is 0.00000338. The van der Waals surface area contributed by atoms with Gasteiger partial charge in [0.15, 0.2) is 5.96 Å². The van der Waals surface area contributed by atoms with Crippen molar-refractivity contribution in [1.82, 2.24) is 10.6 Å². The third-order valence-electron chi connectivity index (χ3n) is 4.39. The van der Waals surface area contributed by atoms with Gasteiger partial charge in [0, 0.05) is 46.6 Å². The minimum Gasteiger partial charge on any atom is -0.379 e. The first-order chi connectivity index (χ1) is 12.4. The smallest absolute Gasteiger partial charge is 0.190 e. The molecule has 154 valence electrons. The van der Waals surface area contributed by atoms with E-state index in [0.717, 1.165) is 97.2 Å². The summed E-state index contributed by atoms with van der Waals surface area (Å²) in [5, 5.41) is 6.60. The Hall–Kier alpha value is -0.160. The van der Waals surface area contributed by atoms with Crippen molar-refractivity contribution in [2.24, 2.45) is 4.99 Å². The highest BCUT2D eigenvalue weighted by molar-refractivity contribution is 14.0. The lowest BCUT2D eigenvalue weighted by Crippen LogP contribution is -2.38. The maximum Gasteiger partial charge on any atom is 0.190 e. The lowest BCUT2D eigenvalue weighted by molar-refractivity contribution is 0.0167. The fourth-order valence-electron chi connectivity index (χ4n) is 2.96. The number of rotatable bonds is 12. The third kappa shape index (κ3) is 10.9. The van der Waals surface area contributed by atoms with E-state index >= 15 is 0 Å². The van der Waals surface area contributed by atoms with E-state index in [-0.39, 0.29) is 24.0 Å². The van der Waals surface area contributed by atoms with Crippen LogP contribution in [0.2, 0.25) is 0 Å². The number of hydrogen-bond acceptors (Lipinski definition) is 5. The highest BCUT2D eigenvalue weighted by Crippen LogP contribution is 2.12. The minimum atomic E-state index is 0. The number of guanidine groups is 1. The second-order valence-corrected chi connectivity index (χ2v) is 6.55. The maximum absolute atomic E-state index is 5.65. The van der Waals surface area contributed by atoms with Gasteiger partial charge in [-0.05, 0) is 38.5 Å². The number of nitrogens with one attached hydrogen (secondary N) is 2. The molecular weight excluding hydrogens is 449 g/mol. The Morgan fingerprint density at radius 1 is 0.923 bits per heavy atom. The average Bonchev–Trinajstić information content (AvgIpc) is 3.32. The third-order valence-corrected chi connectivity index (χ3v) is 4.39. The van der Waals surface area contributed by atoms with Gasteiger partial charge in [-0.3, -0.25) is 4.99 Å². The minimum absolute atomic E-state index is 0. The topological polar surface area (TPSA) is 73.3 Å². The first kappa shape index (κ1) is 23.9. The molecular formula is C18H36IN3O4. The molecule has 2 saturated heterocycles. The van der Waals surface area contributed by atoms with Crippen LogP contribution in [0.3, 0.4) is 0 Å². The molecule has 0 spiro atoms. The van der Waals surface area contributed by atoms with E-state index in [9.17, 15) is 0 Å². The fourth-order valence-corrected chi connectivity index (χ4v) is 2.96. The zero-order valence-electron chi connectivity index (χ0n) is 16.0. The molecule has 0 aromatic rings. The Morgan fingerprint density at radius 3 is 1.81 bits per heavy atom. The van der Waals surface area contributed by atoms with Crippen molar-refractivity contribution in [1.29, 1.82) is 0 Å². The van der Waals surface area contributed by atoms with Crippen LogP contribution < -0.4 is 10.6 Å². The Bertz CT molecular complexity index is 332. The molecule has 0 radical (unpaired) electrons. The molecule has 2 rings (SSSR count). The zero-order valence-corrected chi connectivity index (χ0v) is 18.4. The average molecular weight is 485 g/mol. The Morgan fingerprint density at radius 2 is 1.42 bits per heavy atom. The van der Waals surface area contributed by atoms with Crippen LogP contribution in [-0.4, -0.2) is 77.9 Å². The van der Waals surface area contributed by atoms with E-state index in [4.69, 9.17) is 18.9 Å². The second-order valence-electron chi connectivity index (χ2n) is 6.55. The van der Waals surface area contributed by atoms with Crippen molar-refractivity contribution in [3.05, 3.63) is 0 Å². The van der Waals surface area contributed by atoms with E-state index < -0.39 is 0 Å². The van der Waals surface area contributed by atoms with Gasteiger partial charge in [0.1, 0.15) is 0 Å². The highest BCUT2D eigenvalue weighted by Gasteiger charge is 2.15. The summed E-state index contributed by atoms with van der Waals surface area (Å²) < 4.78 is 22.4. The van der Waals surface area contributed by atoms with E-state index in [0.29, 0.717) is 12.2 Å². The number of nitrogens with zero attached hydrogens (tertiary/aromatic N) is 1. The quantitative estimate of drug-likeness (QED) is 0.191. The van der Waals surface area contributed by atoms with Crippen LogP contribution in [0, 0.1) is 0 Å². The normalized spacial score (nSPS) is 22.0. The molecule has 2 unspecified atom stereocenters. The summed E-state index contributed by atoms with van der Waals surface area (Å²) in [6.07, 6.45) is 7.12. The summed E-state index contributed by atoms with van der Waals surface area (Å²) in [5.74, 6) is 0.832. The van der Waals surface area contributed by atoms with Gasteiger partial charge >= 0.3 is 0 Å². The van der Waals surface area contributed by atoms with Crippen LogP contribution in [0.25, 0.3) is 0 Å². The lowest BCUT2D eigenvalue weighted by Gasteiger charge is -2.13. The molecule has 0 aliphatic carbocycles. The predicted molar refractivity (Wildman–Crippen MR) is 114 cm³/mol. The molecule has 2 aliphatic heterocycles. The monoisotopic (exact) mass is 485 g/mol. The van der Waals surface area contributed by atoms with Gasteiger partial charge < -0.3 is 29.6 Å². The first-order valence-corrected chi connectivity index (χ1v) is 9.71. The molecule has 2 aliphatic rings. The molecule has 2 heterocycles. The first-order valence-electron chi connectivity index (χ1n) is 9.71. The lowest BCUT2D eigenvalue weighted by atomic mass is 10.2. The van der Waals surface area contributed by atoms with Crippen molar-refractivity contribution >= 4 is 29.9 Å². The van der Waals surface area contributed by atoms with Gasteiger partial charge in [-0.1, -0.05) is 0 Å². The van der Waals surface area contributed by atoms with Crippen LogP contribution in [0.1, 0.15) is 38.5 Å². The van der Waals surface area contributed by atoms with Gasteiger partial charge in [-0.15, -0.1) is 24.0 Å². The van der Waals surface area contributed by atoms with Crippen molar-refractivity contribution < 1.29 is 18.9 Å². The number of halogens is 1. The fraction of sp³-hybridized carbons (Fsp3) is 0.944. The molecule has 0 bridgehead atoms. The molecule has 0 amide bonds. The summed E-state index contributed by atoms with van der Waals surface area (Å²) in [4.78, 5) is 4.22. The van der Waals surface area contributed by atoms with Gasteiger partial charge in [0.25, 0.3) is 0 Å². The molecule has 2 atom stereocenters. The SMILES string of the molecule is CN=C(NCCCOCC1CCCO1)NCCCOCC1CCCO1.I. The summed E-state index contributed by atoms with van der Waals surface area (Å²) >= 11 is 0. The molecule has 7 nitrogen and oxygen atoms in total.